The number of aryl methyl sites for hydroxylation is 3. The van der Waals surface area contributed by atoms with Crippen LogP contribution in [-0.2, 0) is 25.8 Å². The zero-order chi connectivity index (χ0) is 27.1. The summed E-state index contributed by atoms with van der Waals surface area (Å²) < 4.78 is 2.40. The van der Waals surface area contributed by atoms with Crippen LogP contribution >= 0.6 is 0 Å². The topological polar surface area (TPSA) is 29.7 Å². The Morgan fingerprint density at radius 3 is 1.90 bits per heavy atom. The molecule has 0 aromatic carbocycles. The van der Waals surface area contributed by atoms with Crippen LogP contribution in [0.3, 0.4) is 0 Å². The van der Waals surface area contributed by atoms with Gasteiger partial charge in [0.05, 0.1) is 0 Å². The largest absolute Gasteiger partial charge is 0.264 e. The highest BCUT2D eigenvalue weighted by Crippen LogP contribution is 2.10. The smallest absolute Gasteiger partial charge is 0.171 e. The van der Waals surface area contributed by atoms with Crippen molar-refractivity contribution in [2.45, 2.75) is 109 Å². The van der Waals surface area contributed by atoms with E-state index in [-0.39, 0.29) is 0 Å². The number of allylic oxidation sites excluding steroid dienone is 4. The molecule has 0 aliphatic carbocycles. The summed E-state index contributed by atoms with van der Waals surface area (Å²) >= 11 is 0. The Morgan fingerprint density at radius 2 is 1.15 bits per heavy atom. The number of hydrogen-bond acceptors (Lipinski definition) is 2. The molecule has 39 heavy (non-hydrogen) atoms. The summed E-state index contributed by atoms with van der Waals surface area (Å²) in [6.45, 7) is 1.15. The fraction of sp³-hybridized carbons (Fsp3) is 0.472. The molecule has 3 rings (SSSR count). The SMILES string of the molecule is C(=CCc1cccnc1)CCCCCCCC[n+]1cccc(CCCCCCC=CCCc2cccnc2)c1. The maximum atomic E-state index is 4.18. The maximum Gasteiger partial charge on any atom is 0.171 e. The van der Waals surface area contributed by atoms with Gasteiger partial charge >= 0.3 is 0 Å². The van der Waals surface area contributed by atoms with Crippen LogP contribution in [0.5, 0.6) is 0 Å². The van der Waals surface area contributed by atoms with Crippen LogP contribution in [0, 0.1) is 0 Å². The molecule has 0 aliphatic heterocycles. The van der Waals surface area contributed by atoms with Crippen molar-refractivity contribution in [1.29, 1.82) is 0 Å². The lowest BCUT2D eigenvalue weighted by Crippen LogP contribution is -2.33. The fourth-order valence-electron chi connectivity index (χ4n) is 4.96. The van der Waals surface area contributed by atoms with Gasteiger partial charge in [-0.3, -0.25) is 9.97 Å². The predicted octanol–water partition coefficient (Wildman–Crippen LogP) is 8.98. The Labute approximate surface area is 238 Å². The van der Waals surface area contributed by atoms with E-state index in [0.29, 0.717) is 0 Å². The molecule has 0 spiro atoms. The third-order valence-electron chi connectivity index (χ3n) is 7.27. The highest BCUT2D eigenvalue weighted by Gasteiger charge is 2.03. The summed E-state index contributed by atoms with van der Waals surface area (Å²) in [5.41, 5.74) is 4.11. The lowest BCUT2D eigenvalue weighted by molar-refractivity contribution is -0.697. The molecular weight excluding hydrogens is 474 g/mol. The van der Waals surface area contributed by atoms with Crippen LogP contribution in [0.15, 0.2) is 97.9 Å². The molecular formula is C36H50N3+. The molecule has 3 nitrogen and oxygen atoms in total. The van der Waals surface area contributed by atoms with Crippen molar-refractivity contribution in [3.8, 4) is 0 Å². The summed E-state index contributed by atoms with van der Waals surface area (Å²) in [4.78, 5) is 8.35. The molecule has 3 aromatic rings. The Hall–Kier alpha value is -3.07. The number of nitrogens with zero attached hydrogens (tertiary/aromatic N) is 3. The van der Waals surface area contributed by atoms with Crippen molar-refractivity contribution in [2.75, 3.05) is 0 Å². The summed E-state index contributed by atoms with van der Waals surface area (Å²) in [6.07, 6.45) is 41.6. The summed E-state index contributed by atoms with van der Waals surface area (Å²) in [7, 11) is 0. The summed E-state index contributed by atoms with van der Waals surface area (Å²) in [5.74, 6) is 0. The first-order valence-electron chi connectivity index (χ1n) is 15.5. The summed E-state index contributed by atoms with van der Waals surface area (Å²) in [6, 6.07) is 12.9. The van der Waals surface area contributed by atoms with Gasteiger partial charge in [0.25, 0.3) is 0 Å². The van der Waals surface area contributed by atoms with Gasteiger partial charge in [0.15, 0.2) is 12.4 Å². The van der Waals surface area contributed by atoms with E-state index in [1.54, 1.807) is 0 Å². The Balaban J connectivity index is 1.12. The normalized spacial score (nSPS) is 11.6. The van der Waals surface area contributed by atoms with E-state index in [1.807, 2.05) is 36.9 Å². The van der Waals surface area contributed by atoms with Crippen LogP contribution in [0.25, 0.3) is 0 Å². The first-order valence-corrected chi connectivity index (χ1v) is 15.5. The van der Waals surface area contributed by atoms with E-state index in [9.17, 15) is 0 Å². The van der Waals surface area contributed by atoms with Crippen molar-refractivity contribution in [3.05, 3.63) is 115 Å². The number of pyridine rings is 3. The third-order valence-corrected chi connectivity index (χ3v) is 7.27. The highest BCUT2D eigenvalue weighted by molar-refractivity contribution is 5.12. The lowest BCUT2D eigenvalue weighted by atomic mass is 10.1. The molecule has 208 valence electrons. The van der Waals surface area contributed by atoms with Gasteiger partial charge in [0.1, 0.15) is 6.54 Å². The summed E-state index contributed by atoms with van der Waals surface area (Å²) in [5, 5.41) is 0. The molecule has 3 heterocycles. The number of aromatic nitrogens is 3. The zero-order valence-electron chi connectivity index (χ0n) is 24.1. The Morgan fingerprint density at radius 1 is 0.538 bits per heavy atom. The van der Waals surface area contributed by atoms with Crippen molar-refractivity contribution < 1.29 is 4.57 Å². The molecule has 0 atom stereocenters. The molecule has 0 saturated heterocycles. The Kier molecular flexibility index (Phi) is 16.3. The van der Waals surface area contributed by atoms with Crippen molar-refractivity contribution in [2.24, 2.45) is 0 Å². The zero-order valence-corrected chi connectivity index (χ0v) is 24.1. The van der Waals surface area contributed by atoms with E-state index >= 15 is 0 Å². The molecule has 0 fully saturated rings. The monoisotopic (exact) mass is 524 g/mol. The minimum Gasteiger partial charge on any atom is -0.264 e. The number of hydrogen-bond donors (Lipinski definition) is 0. The van der Waals surface area contributed by atoms with Crippen molar-refractivity contribution in [1.82, 2.24) is 9.97 Å². The molecule has 0 bridgehead atoms. The minimum atomic E-state index is 0.999. The van der Waals surface area contributed by atoms with Crippen molar-refractivity contribution >= 4 is 0 Å². The van der Waals surface area contributed by atoms with E-state index < -0.39 is 0 Å². The minimum absolute atomic E-state index is 0.999. The van der Waals surface area contributed by atoms with Gasteiger partial charge in [-0.2, -0.15) is 0 Å². The molecule has 0 unspecified atom stereocenters. The molecule has 0 saturated carbocycles. The predicted molar refractivity (Wildman–Crippen MR) is 165 cm³/mol. The standard InChI is InChI=1S/C36H50N3/c1(2-6-10-14-21-34-24-18-27-37-31-34)5-9-13-17-29-39-30-20-26-36(33-39)23-16-12-8-4-3-7-11-15-22-35-25-19-28-38-32-35/h7,10-11,14,18-20,24-28,30-33H,1-6,8-9,12-13,15-17,21-23,29H2/q+1. The first-order chi connectivity index (χ1) is 19.4. The highest BCUT2D eigenvalue weighted by atomic mass is 14.9. The molecule has 0 radical (unpaired) electrons. The molecule has 0 amide bonds. The molecule has 3 aromatic heterocycles. The second-order valence-corrected chi connectivity index (χ2v) is 10.7. The third kappa shape index (κ3) is 15.2. The fourth-order valence-corrected chi connectivity index (χ4v) is 4.96. The van der Waals surface area contributed by atoms with E-state index in [0.717, 1.165) is 25.8 Å². The average Bonchev–Trinajstić information content (AvgIpc) is 2.98. The molecule has 3 heteroatoms. The van der Waals surface area contributed by atoms with Crippen LogP contribution in [0.2, 0.25) is 0 Å². The second-order valence-electron chi connectivity index (χ2n) is 10.7. The Bertz CT molecular complexity index is 1040. The van der Waals surface area contributed by atoms with Crippen LogP contribution in [0.4, 0.5) is 0 Å². The van der Waals surface area contributed by atoms with Gasteiger partial charge < -0.3 is 0 Å². The van der Waals surface area contributed by atoms with Gasteiger partial charge in [0, 0.05) is 42.8 Å². The van der Waals surface area contributed by atoms with E-state index in [4.69, 9.17) is 0 Å². The second kappa shape index (κ2) is 20.8. The molecule has 0 aliphatic rings. The van der Waals surface area contributed by atoms with Gasteiger partial charge in [-0.05, 0) is 93.5 Å². The lowest BCUT2D eigenvalue weighted by Gasteiger charge is -2.03. The van der Waals surface area contributed by atoms with Gasteiger partial charge in [0.2, 0.25) is 0 Å². The van der Waals surface area contributed by atoms with Crippen LogP contribution in [0.1, 0.15) is 100 Å². The van der Waals surface area contributed by atoms with Crippen LogP contribution in [-0.4, -0.2) is 9.97 Å². The van der Waals surface area contributed by atoms with Crippen LogP contribution < -0.4 is 4.57 Å². The van der Waals surface area contributed by atoms with Gasteiger partial charge in [-0.15, -0.1) is 0 Å². The first kappa shape index (κ1) is 30.5. The van der Waals surface area contributed by atoms with E-state index in [2.05, 4.69) is 75.5 Å². The number of rotatable bonds is 21. The van der Waals surface area contributed by atoms with Gasteiger partial charge in [-0.25, -0.2) is 4.57 Å². The number of unbranched alkanes of at least 4 members (excludes halogenated alkanes) is 10. The quantitative estimate of drug-likeness (QED) is 0.0790. The average molecular weight is 525 g/mol. The van der Waals surface area contributed by atoms with E-state index in [1.165, 1.54) is 100 Å². The maximum absolute atomic E-state index is 4.18. The molecule has 0 N–H and O–H groups in total. The van der Waals surface area contributed by atoms with Gasteiger partial charge in [-0.1, -0.05) is 68.5 Å². The van der Waals surface area contributed by atoms with Crippen molar-refractivity contribution in [3.63, 3.8) is 0 Å².